The summed E-state index contributed by atoms with van der Waals surface area (Å²) in [4.78, 5) is 22.9. The predicted octanol–water partition coefficient (Wildman–Crippen LogP) is 3.63. The zero-order valence-electron chi connectivity index (χ0n) is 19.5. The first-order chi connectivity index (χ1) is 15.4. The molecule has 3 aromatic rings. The third-order valence-corrected chi connectivity index (χ3v) is 7.37. The molecule has 0 saturated carbocycles. The highest BCUT2D eigenvalue weighted by atomic mass is 32.1. The van der Waals surface area contributed by atoms with Gasteiger partial charge in [-0.25, -0.2) is 9.67 Å². The Morgan fingerprint density at radius 1 is 1.06 bits per heavy atom. The van der Waals surface area contributed by atoms with Gasteiger partial charge < -0.3 is 14.5 Å². The monoisotopic (exact) mass is 453 g/mol. The third-order valence-electron chi connectivity index (χ3n) is 6.25. The molecular weight excluding hydrogens is 422 g/mol. The molecule has 1 fully saturated rings. The van der Waals surface area contributed by atoms with Gasteiger partial charge in [-0.15, -0.1) is 0 Å². The summed E-state index contributed by atoms with van der Waals surface area (Å²) < 4.78 is 7.15. The second kappa shape index (κ2) is 9.42. The Morgan fingerprint density at radius 2 is 1.75 bits per heavy atom. The van der Waals surface area contributed by atoms with Crippen LogP contribution in [0.5, 0.6) is 5.75 Å². The van der Waals surface area contributed by atoms with Crippen LogP contribution in [0.25, 0.3) is 5.13 Å². The normalized spacial score (nSPS) is 14.7. The second-order valence-corrected chi connectivity index (χ2v) is 9.20. The number of amides is 1. The maximum Gasteiger partial charge on any atom is 0.266 e. The van der Waals surface area contributed by atoms with E-state index in [1.807, 2.05) is 35.6 Å². The van der Waals surface area contributed by atoms with Gasteiger partial charge in [0.1, 0.15) is 10.6 Å². The molecule has 1 aliphatic heterocycles. The minimum absolute atomic E-state index is 0.0852. The first-order valence-corrected chi connectivity index (χ1v) is 11.9. The summed E-state index contributed by atoms with van der Waals surface area (Å²) >= 11 is 1.44. The Morgan fingerprint density at radius 3 is 2.38 bits per heavy atom. The average Bonchev–Trinajstić information content (AvgIpc) is 3.33. The van der Waals surface area contributed by atoms with E-state index in [1.54, 1.807) is 7.11 Å². The van der Waals surface area contributed by atoms with Gasteiger partial charge in [0.25, 0.3) is 5.91 Å². The van der Waals surface area contributed by atoms with Crippen molar-refractivity contribution in [3.05, 3.63) is 57.4 Å². The largest absolute Gasteiger partial charge is 0.497 e. The van der Waals surface area contributed by atoms with Crippen LogP contribution in [0.4, 0.5) is 0 Å². The number of aryl methyl sites for hydroxylation is 2. The van der Waals surface area contributed by atoms with E-state index in [4.69, 9.17) is 14.8 Å². The summed E-state index contributed by atoms with van der Waals surface area (Å²) in [6.45, 7) is 12.6. The quantitative estimate of drug-likeness (QED) is 0.570. The standard InChI is InChI=1S/C24H31N5O2S/c1-6-27-11-13-28(14-12-27)23(30)22-17(3)25-24(32-22)29-18(4)21(16(2)26-29)15-19-7-9-20(31-5)10-8-19/h7-10H,6,11-15H2,1-5H3. The SMILES string of the molecule is CCN1CCN(C(=O)c2sc(-n3nc(C)c(Cc4ccc(OC)cc4)c3C)nc2C)CC1. The van der Waals surface area contributed by atoms with E-state index in [9.17, 15) is 4.79 Å². The molecule has 0 spiro atoms. The van der Waals surface area contributed by atoms with Gasteiger partial charge in [0.05, 0.1) is 18.5 Å². The van der Waals surface area contributed by atoms with Gasteiger partial charge in [-0.3, -0.25) is 4.79 Å². The number of aromatic nitrogens is 3. The molecule has 32 heavy (non-hydrogen) atoms. The Kier molecular flexibility index (Phi) is 6.62. The van der Waals surface area contributed by atoms with Gasteiger partial charge >= 0.3 is 0 Å². The van der Waals surface area contributed by atoms with E-state index in [-0.39, 0.29) is 5.91 Å². The van der Waals surface area contributed by atoms with Crippen molar-refractivity contribution >= 4 is 17.2 Å². The summed E-state index contributed by atoms with van der Waals surface area (Å²) in [5, 5.41) is 5.52. The van der Waals surface area contributed by atoms with Crippen molar-refractivity contribution in [2.45, 2.75) is 34.1 Å². The average molecular weight is 454 g/mol. The zero-order valence-corrected chi connectivity index (χ0v) is 20.3. The number of likely N-dealkylation sites (N-methyl/N-ethyl adjacent to an activating group) is 1. The first-order valence-electron chi connectivity index (χ1n) is 11.1. The number of ether oxygens (including phenoxy) is 1. The molecule has 8 heteroatoms. The smallest absolute Gasteiger partial charge is 0.266 e. The van der Waals surface area contributed by atoms with E-state index < -0.39 is 0 Å². The second-order valence-electron chi connectivity index (χ2n) is 8.22. The minimum atomic E-state index is 0.0852. The molecule has 0 unspecified atom stereocenters. The highest BCUT2D eigenvalue weighted by Crippen LogP contribution is 2.27. The van der Waals surface area contributed by atoms with Crippen LogP contribution in [0, 0.1) is 20.8 Å². The number of rotatable bonds is 6. The van der Waals surface area contributed by atoms with Crippen molar-refractivity contribution in [3.8, 4) is 10.9 Å². The highest BCUT2D eigenvalue weighted by Gasteiger charge is 2.26. The summed E-state index contributed by atoms with van der Waals surface area (Å²) in [5.41, 5.74) is 5.20. The van der Waals surface area contributed by atoms with Gasteiger partial charge in [0, 0.05) is 43.9 Å². The van der Waals surface area contributed by atoms with Crippen LogP contribution in [-0.4, -0.2) is 70.3 Å². The molecule has 0 bridgehead atoms. The lowest BCUT2D eigenvalue weighted by atomic mass is 10.0. The maximum atomic E-state index is 13.1. The molecule has 1 aromatic carbocycles. The lowest BCUT2D eigenvalue weighted by molar-refractivity contribution is 0.0647. The summed E-state index contributed by atoms with van der Waals surface area (Å²) in [5.74, 6) is 0.937. The van der Waals surface area contributed by atoms with Crippen LogP contribution in [0.2, 0.25) is 0 Å². The number of benzene rings is 1. The van der Waals surface area contributed by atoms with Crippen LogP contribution in [0.1, 0.15) is 44.8 Å². The van der Waals surface area contributed by atoms with Gasteiger partial charge in [-0.1, -0.05) is 30.4 Å². The molecule has 1 aliphatic rings. The molecule has 0 aliphatic carbocycles. The molecular formula is C24H31N5O2S. The lowest BCUT2D eigenvalue weighted by Crippen LogP contribution is -2.48. The van der Waals surface area contributed by atoms with Crippen molar-refractivity contribution in [2.24, 2.45) is 0 Å². The number of piperazine rings is 1. The number of carbonyl (C=O) groups is 1. The van der Waals surface area contributed by atoms with Crippen molar-refractivity contribution < 1.29 is 9.53 Å². The van der Waals surface area contributed by atoms with E-state index >= 15 is 0 Å². The van der Waals surface area contributed by atoms with Crippen LogP contribution < -0.4 is 4.74 Å². The summed E-state index contributed by atoms with van der Waals surface area (Å²) in [6.07, 6.45) is 0.791. The van der Waals surface area contributed by atoms with Crippen LogP contribution in [0.15, 0.2) is 24.3 Å². The van der Waals surface area contributed by atoms with E-state index in [0.29, 0.717) is 4.88 Å². The lowest BCUT2D eigenvalue weighted by Gasteiger charge is -2.33. The zero-order chi connectivity index (χ0) is 22.8. The molecule has 0 radical (unpaired) electrons. The van der Waals surface area contributed by atoms with Crippen molar-refractivity contribution in [1.29, 1.82) is 0 Å². The van der Waals surface area contributed by atoms with Crippen molar-refractivity contribution in [2.75, 3.05) is 39.8 Å². The van der Waals surface area contributed by atoms with Crippen molar-refractivity contribution in [3.63, 3.8) is 0 Å². The molecule has 1 saturated heterocycles. The first kappa shape index (κ1) is 22.5. The maximum absolute atomic E-state index is 13.1. The Bertz CT molecular complexity index is 1090. The fraction of sp³-hybridized carbons (Fsp3) is 0.458. The molecule has 0 N–H and O–H groups in total. The molecule has 2 aromatic heterocycles. The summed E-state index contributed by atoms with van der Waals surface area (Å²) in [6, 6.07) is 8.12. The van der Waals surface area contributed by atoms with Gasteiger partial charge in [0.2, 0.25) is 5.13 Å². The number of thiazole rings is 1. The molecule has 170 valence electrons. The Hall–Kier alpha value is -2.71. The van der Waals surface area contributed by atoms with Gasteiger partial charge in [0.15, 0.2) is 0 Å². The summed E-state index contributed by atoms with van der Waals surface area (Å²) in [7, 11) is 1.67. The van der Waals surface area contributed by atoms with Crippen LogP contribution in [0.3, 0.4) is 0 Å². The Balaban J connectivity index is 1.55. The van der Waals surface area contributed by atoms with Gasteiger partial charge in [-0.2, -0.15) is 5.10 Å². The molecule has 1 amide bonds. The number of nitrogens with zero attached hydrogens (tertiary/aromatic N) is 5. The molecule has 4 rings (SSSR count). The van der Waals surface area contributed by atoms with Crippen LogP contribution in [-0.2, 0) is 6.42 Å². The third kappa shape index (κ3) is 4.42. The van der Waals surface area contributed by atoms with E-state index in [2.05, 4.69) is 30.9 Å². The number of hydrogen-bond donors (Lipinski definition) is 0. The number of methoxy groups -OCH3 is 1. The van der Waals surface area contributed by atoms with Gasteiger partial charge in [-0.05, 0) is 45.0 Å². The molecule has 0 atom stereocenters. The fourth-order valence-electron chi connectivity index (χ4n) is 4.15. The molecule has 3 heterocycles. The van der Waals surface area contributed by atoms with E-state index in [1.165, 1.54) is 22.5 Å². The predicted molar refractivity (Wildman–Crippen MR) is 127 cm³/mol. The minimum Gasteiger partial charge on any atom is -0.497 e. The fourth-order valence-corrected chi connectivity index (χ4v) is 5.19. The highest BCUT2D eigenvalue weighted by molar-refractivity contribution is 7.16. The molecule has 7 nitrogen and oxygen atoms in total. The number of hydrogen-bond acceptors (Lipinski definition) is 6. The van der Waals surface area contributed by atoms with E-state index in [0.717, 1.165) is 67.1 Å². The topological polar surface area (TPSA) is 63.5 Å². The van der Waals surface area contributed by atoms with Crippen molar-refractivity contribution in [1.82, 2.24) is 24.6 Å². The number of carbonyl (C=O) groups excluding carboxylic acids is 1. The Labute approximate surface area is 193 Å². The van der Waals surface area contributed by atoms with Crippen LogP contribution >= 0.6 is 11.3 Å².